The number of hydrogen-bond donors (Lipinski definition) is 2. The molecule has 1 heterocycles. The minimum Gasteiger partial charge on any atom is -0.493 e. The number of hydrogen-bond acceptors (Lipinski definition) is 6. The summed E-state index contributed by atoms with van der Waals surface area (Å²) in [6.45, 7) is 6.24. The Hall–Kier alpha value is -1.83. The summed E-state index contributed by atoms with van der Waals surface area (Å²) in [4.78, 5) is 14.2. The van der Waals surface area contributed by atoms with Gasteiger partial charge in [-0.25, -0.2) is 0 Å². The molecule has 7 nitrogen and oxygen atoms in total. The highest BCUT2D eigenvalue weighted by Crippen LogP contribution is 2.27. The molecule has 0 bridgehead atoms. The fourth-order valence-electron chi connectivity index (χ4n) is 2.71. The molecule has 1 fully saturated rings. The van der Waals surface area contributed by atoms with Crippen LogP contribution in [0.3, 0.4) is 0 Å². The van der Waals surface area contributed by atoms with E-state index in [2.05, 4.69) is 15.5 Å². The van der Waals surface area contributed by atoms with E-state index in [0.717, 1.165) is 51.4 Å². The first-order valence-electron chi connectivity index (χ1n) is 8.71. The first-order chi connectivity index (χ1) is 12.2. The van der Waals surface area contributed by atoms with Gasteiger partial charge in [-0.2, -0.15) is 0 Å². The summed E-state index contributed by atoms with van der Waals surface area (Å²) in [5.41, 5.74) is 1.10. The van der Waals surface area contributed by atoms with Gasteiger partial charge in [-0.1, -0.05) is 6.07 Å². The molecule has 1 saturated heterocycles. The van der Waals surface area contributed by atoms with Crippen LogP contribution >= 0.6 is 0 Å². The van der Waals surface area contributed by atoms with E-state index in [1.54, 1.807) is 14.2 Å². The Labute approximate surface area is 149 Å². The van der Waals surface area contributed by atoms with Crippen LogP contribution in [0, 0.1) is 0 Å². The van der Waals surface area contributed by atoms with Crippen LogP contribution in [0.25, 0.3) is 0 Å². The zero-order chi connectivity index (χ0) is 17.9. The number of rotatable bonds is 10. The Morgan fingerprint density at radius 1 is 1.16 bits per heavy atom. The number of ether oxygens (including phenoxy) is 3. The quantitative estimate of drug-likeness (QED) is 0.590. The average Bonchev–Trinajstić information content (AvgIpc) is 2.66. The van der Waals surface area contributed by atoms with Gasteiger partial charge in [0.15, 0.2) is 11.5 Å². The van der Waals surface area contributed by atoms with Crippen LogP contribution in [0.1, 0.15) is 5.56 Å². The van der Waals surface area contributed by atoms with Crippen molar-refractivity contribution in [1.29, 1.82) is 0 Å². The van der Waals surface area contributed by atoms with Gasteiger partial charge in [0.2, 0.25) is 5.91 Å². The Morgan fingerprint density at radius 3 is 2.64 bits per heavy atom. The van der Waals surface area contributed by atoms with Crippen LogP contribution in [0.5, 0.6) is 11.5 Å². The Kier molecular flexibility index (Phi) is 8.51. The number of carbonyl (C=O) groups is 1. The molecule has 0 aliphatic carbocycles. The summed E-state index contributed by atoms with van der Waals surface area (Å²) in [6.07, 6.45) is 0.750. The Morgan fingerprint density at radius 2 is 1.92 bits per heavy atom. The molecule has 0 spiro atoms. The highest BCUT2D eigenvalue weighted by atomic mass is 16.5. The molecule has 140 valence electrons. The van der Waals surface area contributed by atoms with Gasteiger partial charge in [0.05, 0.1) is 34.0 Å². The normalized spacial score (nSPS) is 15.0. The molecule has 0 atom stereocenters. The van der Waals surface area contributed by atoms with E-state index in [0.29, 0.717) is 24.6 Å². The van der Waals surface area contributed by atoms with Crippen LogP contribution in [0.2, 0.25) is 0 Å². The van der Waals surface area contributed by atoms with Crippen LogP contribution in [-0.2, 0) is 16.0 Å². The lowest BCUT2D eigenvalue weighted by Gasteiger charge is -2.26. The average molecular weight is 351 g/mol. The lowest BCUT2D eigenvalue weighted by atomic mass is 10.1. The molecule has 0 saturated carbocycles. The lowest BCUT2D eigenvalue weighted by Crippen LogP contribution is -2.42. The monoisotopic (exact) mass is 351 g/mol. The predicted molar refractivity (Wildman–Crippen MR) is 96.4 cm³/mol. The largest absolute Gasteiger partial charge is 0.493 e. The predicted octanol–water partition coefficient (Wildman–Crippen LogP) is 0.284. The third kappa shape index (κ3) is 6.89. The van der Waals surface area contributed by atoms with Crippen molar-refractivity contribution in [1.82, 2.24) is 15.5 Å². The van der Waals surface area contributed by atoms with Crippen molar-refractivity contribution in [3.8, 4) is 11.5 Å². The first-order valence-corrected chi connectivity index (χ1v) is 8.71. The molecule has 0 radical (unpaired) electrons. The van der Waals surface area contributed by atoms with E-state index >= 15 is 0 Å². The Balaban J connectivity index is 1.58. The van der Waals surface area contributed by atoms with Crippen molar-refractivity contribution in [2.24, 2.45) is 0 Å². The van der Waals surface area contributed by atoms with Gasteiger partial charge in [0.1, 0.15) is 0 Å². The second-order valence-electron chi connectivity index (χ2n) is 5.92. The third-order valence-corrected chi connectivity index (χ3v) is 4.18. The van der Waals surface area contributed by atoms with Gasteiger partial charge in [0, 0.05) is 32.7 Å². The zero-order valence-corrected chi connectivity index (χ0v) is 15.2. The molecule has 0 unspecified atom stereocenters. The molecule has 2 N–H and O–H groups in total. The Bertz CT molecular complexity index is 533. The fraction of sp³-hybridized carbons (Fsp3) is 0.611. The summed E-state index contributed by atoms with van der Waals surface area (Å²) in [5.74, 6) is 1.43. The molecule has 2 rings (SSSR count). The van der Waals surface area contributed by atoms with E-state index in [-0.39, 0.29) is 5.91 Å². The summed E-state index contributed by atoms with van der Waals surface area (Å²) in [5, 5.41) is 6.11. The van der Waals surface area contributed by atoms with Crippen LogP contribution < -0.4 is 20.1 Å². The lowest BCUT2D eigenvalue weighted by molar-refractivity contribution is -0.120. The summed E-state index contributed by atoms with van der Waals surface area (Å²) in [6, 6.07) is 5.79. The van der Waals surface area contributed by atoms with Gasteiger partial charge >= 0.3 is 0 Å². The number of amides is 1. The van der Waals surface area contributed by atoms with E-state index in [1.165, 1.54) is 0 Å². The molecule has 7 heteroatoms. The number of carbonyl (C=O) groups excluding carboxylic acids is 1. The molecular formula is C18H29N3O4. The van der Waals surface area contributed by atoms with Crippen molar-refractivity contribution < 1.29 is 19.0 Å². The van der Waals surface area contributed by atoms with Gasteiger partial charge in [0.25, 0.3) is 0 Å². The molecular weight excluding hydrogens is 322 g/mol. The molecule has 1 aromatic carbocycles. The second-order valence-corrected chi connectivity index (χ2v) is 5.92. The fourth-order valence-corrected chi connectivity index (χ4v) is 2.71. The summed E-state index contributed by atoms with van der Waals surface area (Å²) < 4.78 is 15.8. The zero-order valence-electron chi connectivity index (χ0n) is 15.2. The van der Waals surface area contributed by atoms with Crippen molar-refractivity contribution in [3.05, 3.63) is 23.8 Å². The number of morpholine rings is 1. The molecule has 1 aromatic rings. The van der Waals surface area contributed by atoms with Crippen molar-refractivity contribution in [3.63, 3.8) is 0 Å². The van der Waals surface area contributed by atoms with Gasteiger partial charge in [-0.05, 0) is 24.1 Å². The highest BCUT2D eigenvalue weighted by molar-refractivity contribution is 5.77. The summed E-state index contributed by atoms with van der Waals surface area (Å²) >= 11 is 0. The first kappa shape index (κ1) is 19.5. The number of nitrogens with zero attached hydrogens (tertiary/aromatic N) is 1. The second kappa shape index (κ2) is 10.9. The number of methoxy groups -OCH3 is 2. The number of benzene rings is 1. The summed E-state index contributed by atoms with van der Waals surface area (Å²) in [7, 11) is 3.23. The highest BCUT2D eigenvalue weighted by Gasteiger charge is 2.09. The molecule has 1 amide bonds. The standard InChI is InChI=1S/C18H29N3O4/c1-23-16-4-3-15(13-17(16)24-2)5-6-20-18(22)14-19-7-8-21-9-11-25-12-10-21/h3-4,13,19H,5-12,14H2,1-2H3,(H,20,22). The van der Waals surface area contributed by atoms with E-state index in [1.807, 2.05) is 18.2 Å². The van der Waals surface area contributed by atoms with Crippen LogP contribution in [0.15, 0.2) is 18.2 Å². The topological polar surface area (TPSA) is 72.1 Å². The van der Waals surface area contributed by atoms with Crippen molar-refractivity contribution >= 4 is 5.91 Å². The van der Waals surface area contributed by atoms with E-state index < -0.39 is 0 Å². The van der Waals surface area contributed by atoms with Crippen LogP contribution in [0.4, 0.5) is 0 Å². The van der Waals surface area contributed by atoms with Gasteiger partial charge < -0.3 is 24.8 Å². The molecule has 0 aromatic heterocycles. The minimum atomic E-state index is 0.0162. The maximum atomic E-state index is 11.9. The van der Waals surface area contributed by atoms with E-state index in [9.17, 15) is 4.79 Å². The molecule has 25 heavy (non-hydrogen) atoms. The third-order valence-electron chi connectivity index (χ3n) is 4.18. The smallest absolute Gasteiger partial charge is 0.233 e. The maximum Gasteiger partial charge on any atom is 0.233 e. The molecule has 1 aliphatic heterocycles. The number of nitrogens with one attached hydrogen (secondary N) is 2. The van der Waals surface area contributed by atoms with Crippen molar-refractivity contribution in [2.75, 3.05) is 66.7 Å². The van der Waals surface area contributed by atoms with Gasteiger partial charge in [-0.3, -0.25) is 9.69 Å². The minimum absolute atomic E-state index is 0.0162. The van der Waals surface area contributed by atoms with Crippen molar-refractivity contribution in [2.45, 2.75) is 6.42 Å². The maximum absolute atomic E-state index is 11.9. The molecule has 1 aliphatic rings. The van der Waals surface area contributed by atoms with Gasteiger partial charge in [-0.15, -0.1) is 0 Å². The van der Waals surface area contributed by atoms with Crippen LogP contribution in [-0.4, -0.2) is 77.5 Å². The van der Waals surface area contributed by atoms with E-state index in [4.69, 9.17) is 14.2 Å². The SMILES string of the molecule is COc1ccc(CCNC(=O)CNCCN2CCOCC2)cc1OC.